The maximum Gasteiger partial charge on any atom is 0.314 e. The standard InChI is InChI=1S/C17H20N6O3/c1-23-17(26-3)19-15(22-23)11-5-4-6-12(7-11)16(24)18-9-13-8-14(10-25-2)21-20-13/h4-8H,9-10H2,1-3H3,(H,18,24)(H,20,21). The molecule has 0 radical (unpaired) electrons. The van der Waals surface area contributed by atoms with E-state index in [2.05, 4.69) is 25.6 Å². The SMILES string of the molecule is COCc1cc(CNC(=O)c2cccc(-c3nc(OC)n(C)n3)c2)[nH]n1. The summed E-state index contributed by atoms with van der Waals surface area (Å²) in [4.78, 5) is 16.7. The summed E-state index contributed by atoms with van der Waals surface area (Å²) in [6, 6.07) is 9.37. The molecule has 2 heterocycles. The number of aryl methyl sites for hydroxylation is 1. The third-order valence-corrected chi connectivity index (χ3v) is 3.70. The maximum atomic E-state index is 12.4. The van der Waals surface area contributed by atoms with Gasteiger partial charge in [0.2, 0.25) is 0 Å². The summed E-state index contributed by atoms with van der Waals surface area (Å²) in [6.45, 7) is 0.766. The highest BCUT2D eigenvalue weighted by Gasteiger charge is 2.12. The van der Waals surface area contributed by atoms with Gasteiger partial charge in [-0.25, -0.2) is 4.68 Å². The van der Waals surface area contributed by atoms with Crippen molar-refractivity contribution < 1.29 is 14.3 Å². The predicted octanol–water partition coefficient (Wildman–Crippen LogP) is 1.29. The minimum absolute atomic E-state index is 0.197. The zero-order valence-electron chi connectivity index (χ0n) is 14.8. The molecule has 136 valence electrons. The molecule has 9 heteroatoms. The predicted molar refractivity (Wildman–Crippen MR) is 93.5 cm³/mol. The number of carbonyl (C=O) groups excluding carboxylic acids is 1. The van der Waals surface area contributed by atoms with Crippen LogP contribution < -0.4 is 10.1 Å². The third kappa shape index (κ3) is 3.89. The van der Waals surface area contributed by atoms with E-state index in [-0.39, 0.29) is 5.91 Å². The molecule has 0 atom stereocenters. The topological polar surface area (TPSA) is 107 Å². The van der Waals surface area contributed by atoms with E-state index in [4.69, 9.17) is 9.47 Å². The van der Waals surface area contributed by atoms with Gasteiger partial charge in [-0.15, -0.1) is 5.10 Å². The zero-order valence-corrected chi connectivity index (χ0v) is 14.8. The molecule has 2 N–H and O–H groups in total. The molecule has 26 heavy (non-hydrogen) atoms. The summed E-state index contributed by atoms with van der Waals surface area (Å²) < 4.78 is 11.7. The maximum absolute atomic E-state index is 12.4. The second-order valence-electron chi connectivity index (χ2n) is 5.63. The Bertz CT molecular complexity index is 902. The Hall–Kier alpha value is -3.20. The van der Waals surface area contributed by atoms with Crippen LogP contribution in [0.4, 0.5) is 0 Å². The lowest BCUT2D eigenvalue weighted by Gasteiger charge is -2.05. The number of nitrogens with zero attached hydrogens (tertiary/aromatic N) is 4. The van der Waals surface area contributed by atoms with E-state index in [1.807, 2.05) is 12.1 Å². The molecule has 0 unspecified atom stereocenters. The van der Waals surface area contributed by atoms with E-state index in [0.29, 0.717) is 30.5 Å². The van der Waals surface area contributed by atoms with Crippen molar-refractivity contribution in [2.24, 2.45) is 7.05 Å². The minimum atomic E-state index is -0.197. The number of methoxy groups -OCH3 is 2. The van der Waals surface area contributed by atoms with E-state index in [0.717, 1.165) is 17.0 Å². The Morgan fingerprint density at radius 3 is 2.88 bits per heavy atom. The van der Waals surface area contributed by atoms with E-state index in [1.165, 1.54) is 11.8 Å². The molecule has 9 nitrogen and oxygen atoms in total. The van der Waals surface area contributed by atoms with E-state index in [9.17, 15) is 4.79 Å². The van der Waals surface area contributed by atoms with Crippen molar-refractivity contribution in [3.63, 3.8) is 0 Å². The van der Waals surface area contributed by atoms with Gasteiger partial charge in [0.1, 0.15) is 0 Å². The van der Waals surface area contributed by atoms with Gasteiger partial charge in [-0.3, -0.25) is 9.89 Å². The molecule has 0 fully saturated rings. The van der Waals surface area contributed by atoms with Crippen LogP contribution in [0.2, 0.25) is 0 Å². The summed E-state index contributed by atoms with van der Waals surface area (Å²) in [6.07, 6.45) is 0. The van der Waals surface area contributed by atoms with Gasteiger partial charge in [-0.2, -0.15) is 10.1 Å². The molecule has 0 saturated heterocycles. The number of nitrogens with one attached hydrogen (secondary N) is 2. The van der Waals surface area contributed by atoms with Crippen LogP contribution in [0.15, 0.2) is 30.3 Å². The van der Waals surface area contributed by atoms with Gasteiger partial charge in [-0.1, -0.05) is 12.1 Å². The Balaban J connectivity index is 1.69. The van der Waals surface area contributed by atoms with Gasteiger partial charge >= 0.3 is 6.01 Å². The van der Waals surface area contributed by atoms with Gasteiger partial charge < -0.3 is 14.8 Å². The number of carbonyl (C=O) groups is 1. The molecule has 1 aromatic carbocycles. The van der Waals surface area contributed by atoms with Crippen LogP contribution in [0.5, 0.6) is 6.01 Å². The van der Waals surface area contributed by atoms with Crippen molar-refractivity contribution in [1.29, 1.82) is 0 Å². The molecule has 3 rings (SSSR count). The van der Waals surface area contributed by atoms with E-state index >= 15 is 0 Å². The van der Waals surface area contributed by atoms with E-state index in [1.54, 1.807) is 32.4 Å². The molecule has 0 aliphatic heterocycles. The summed E-state index contributed by atoms with van der Waals surface area (Å²) in [7, 11) is 4.88. The molecule has 0 spiro atoms. The Morgan fingerprint density at radius 1 is 1.31 bits per heavy atom. The second-order valence-corrected chi connectivity index (χ2v) is 5.63. The highest BCUT2D eigenvalue weighted by atomic mass is 16.5. The van der Waals surface area contributed by atoms with Crippen molar-refractivity contribution >= 4 is 5.91 Å². The van der Waals surface area contributed by atoms with E-state index < -0.39 is 0 Å². The number of amides is 1. The van der Waals surface area contributed by atoms with Gasteiger partial charge in [0.05, 0.1) is 31.6 Å². The molecule has 3 aromatic rings. The Labute approximate surface area is 150 Å². The van der Waals surface area contributed by atoms with Gasteiger partial charge in [-0.05, 0) is 18.2 Å². The van der Waals surface area contributed by atoms with Crippen molar-refractivity contribution in [1.82, 2.24) is 30.3 Å². The monoisotopic (exact) mass is 356 g/mol. The molecular weight excluding hydrogens is 336 g/mol. The first kappa shape index (κ1) is 17.6. The first-order valence-corrected chi connectivity index (χ1v) is 7.96. The minimum Gasteiger partial charge on any atom is -0.467 e. The number of rotatable bonds is 7. The number of aromatic amines is 1. The number of benzene rings is 1. The fraction of sp³-hybridized carbons (Fsp3) is 0.294. The highest BCUT2D eigenvalue weighted by molar-refractivity contribution is 5.95. The molecule has 0 aliphatic carbocycles. The van der Waals surface area contributed by atoms with Crippen molar-refractivity contribution in [3.05, 3.63) is 47.3 Å². The second kappa shape index (κ2) is 7.79. The van der Waals surface area contributed by atoms with Crippen LogP contribution in [0, 0.1) is 0 Å². The Morgan fingerprint density at radius 2 is 2.15 bits per heavy atom. The average molecular weight is 356 g/mol. The molecule has 0 bridgehead atoms. The first-order chi connectivity index (χ1) is 12.6. The number of hydrogen-bond acceptors (Lipinski definition) is 6. The number of ether oxygens (including phenoxy) is 2. The van der Waals surface area contributed by atoms with Crippen LogP contribution >= 0.6 is 0 Å². The van der Waals surface area contributed by atoms with Crippen LogP contribution in [0.3, 0.4) is 0 Å². The van der Waals surface area contributed by atoms with Crippen LogP contribution in [0.25, 0.3) is 11.4 Å². The van der Waals surface area contributed by atoms with Crippen LogP contribution in [0.1, 0.15) is 21.7 Å². The number of hydrogen-bond donors (Lipinski definition) is 2. The van der Waals surface area contributed by atoms with Crippen molar-refractivity contribution in [3.8, 4) is 17.4 Å². The largest absolute Gasteiger partial charge is 0.467 e. The fourth-order valence-corrected chi connectivity index (χ4v) is 2.47. The lowest BCUT2D eigenvalue weighted by atomic mass is 10.1. The Kier molecular flexibility index (Phi) is 5.28. The fourth-order valence-electron chi connectivity index (χ4n) is 2.47. The lowest BCUT2D eigenvalue weighted by molar-refractivity contribution is 0.0950. The highest BCUT2D eigenvalue weighted by Crippen LogP contribution is 2.19. The lowest BCUT2D eigenvalue weighted by Crippen LogP contribution is -2.23. The third-order valence-electron chi connectivity index (χ3n) is 3.70. The molecule has 1 amide bonds. The van der Waals surface area contributed by atoms with Gasteiger partial charge in [0, 0.05) is 25.3 Å². The van der Waals surface area contributed by atoms with Crippen molar-refractivity contribution in [2.75, 3.05) is 14.2 Å². The number of H-pyrrole nitrogens is 1. The molecular formula is C17H20N6O3. The molecule has 2 aromatic heterocycles. The van der Waals surface area contributed by atoms with Gasteiger partial charge in [0.15, 0.2) is 5.82 Å². The average Bonchev–Trinajstić information content (AvgIpc) is 3.26. The zero-order chi connectivity index (χ0) is 18.5. The summed E-state index contributed by atoms with van der Waals surface area (Å²) in [5.41, 5.74) is 2.85. The van der Waals surface area contributed by atoms with Crippen LogP contribution in [-0.4, -0.2) is 45.1 Å². The molecule has 0 aliphatic rings. The van der Waals surface area contributed by atoms with Crippen LogP contribution in [-0.2, 0) is 24.9 Å². The molecule has 0 saturated carbocycles. The smallest absolute Gasteiger partial charge is 0.314 e. The number of aromatic nitrogens is 5. The summed E-state index contributed by atoms with van der Waals surface area (Å²) in [5, 5.41) is 14.1. The first-order valence-electron chi connectivity index (χ1n) is 7.96. The summed E-state index contributed by atoms with van der Waals surface area (Å²) >= 11 is 0. The normalized spacial score (nSPS) is 10.7. The quantitative estimate of drug-likeness (QED) is 0.661. The summed E-state index contributed by atoms with van der Waals surface area (Å²) in [5.74, 6) is 0.300. The van der Waals surface area contributed by atoms with Crippen molar-refractivity contribution in [2.45, 2.75) is 13.2 Å². The van der Waals surface area contributed by atoms with Gasteiger partial charge in [0.25, 0.3) is 5.91 Å².